The van der Waals surface area contributed by atoms with Gasteiger partial charge in [-0.2, -0.15) is 0 Å². The van der Waals surface area contributed by atoms with Crippen LogP contribution in [0.1, 0.15) is 19.8 Å². The van der Waals surface area contributed by atoms with Gasteiger partial charge < -0.3 is 5.32 Å². The Hall–Kier alpha value is -0.180. The number of nitrogens with zero attached hydrogens (tertiary/aromatic N) is 1. The fraction of sp³-hybridized carbons (Fsp3) is 0.833. The fourth-order valence-electron chi connectivity index (χ4n) is 0.456. The van der Waals surface area contributed by atoms with Crippen LogP contribution in [-0.2, 0) is 0 Å². The normalized spacial score (nSPS) is 11.7. The van der Waals surface area contributed by atoms with Crippen LogP contribution in [0.3, 0.4) is 0 Å². The quantitative estimate of drug-likeness (QED) is 0.267. The molecule has 2 nitrogen and oxygen atoms in total. The maximum absolute atomic E-state index is 4.04. The fourth-order valence-corrected chi connectivity index (χ4v) is 0.568. The van der Waals surface area contributed by atoms with Crippen molar-refractivity contribution in [2.45, 2.75) is 19.8 Å². The zero-order chi connectivity index (χ0) is 7.11. The molecule has 0 saturated carbocycles. The number of thiol groups is 1. The maximum Gasteiger partial charge on any atom is 0.153 e. The first-order valence-electron chi connectivity index (χ1n) is 3.21. The Bertz CT molecular complexity index is 91.1. The first-order valence-corrected chi connectivity index (χ1v) is 3.65. The van der Waals surface area contributed by atoms with Crippen molar-refractivity contribution in [3.63, 3.8) is 0 Å². The van der Waals surface area contributed by atoms with Gasteiger partial charge in [0.2, 0.25) is 0 Å². The summed E-state index contributed by atoms with van der Waals surface area (Å²) in [5.41, 5.74) is 0. The molecule has 3 heteroatoms. The number of rotatable bonds is 3. The lowest BCUT2D eigenvalue weighted by atomic mass is 10.3. The molecule has 0 aromatic carbocycles. The molecule has 0 saturated heterocycles. The molecule has 1 N–H and O–H groups in total. The van der Waals surface area contributed by atoms with Crippen LogP contribution < -0.4 is 5.32 Å². The van der Waals surface area contributed by atoms with Crippen molar-refractivity contribution in [2.24, 2.45) is 4.99 Å². The van der Waals surface area contributed by atoms with E-state index < -0.39 is 0 Å². The minimum atomic E-state index is 0.725. The lowest BCUT2D eigenvalue weighted by Crippen LogP contribution is -2.19. The lowest BCUT2D eigenvalue weighted by molar-refractivity contribution is 0.759. The Labute approximate surface area is 62.2 Å². The SMILES string of the molecule is CCCCN/C(S)=N/C. The smallest absolute Gasteiger partial charge is 0.153 e. The highest BCUT2D eigenvalue weighted by molar-refractivity contribution is 7.96. The van der Waals surface area contributed by atoms with Crippen molar-refractivity contribution in [1.82, 2.24) is 5.32 Å². The highest BCUT2D eigenvalue weighted by Crippen LogP contribution is 1.84. The largest absolute Gasteiger partial charge is 0.365 e. The van der Waals surface area contributed by atoms with Gasteiger partial charge in [-0.25, -0.2) is 0 Å². The van der Waals surface area contributed by atoms with Gasteiger partial charge in [0.05, 0.1) is 0 Å². The van der Waals surface area contributed by atoms with E-state index in [0.29, 0.717) is 0 Å². The Morgan fingerprint density at radius 1 is 1.67 bits per heavy atom. The third-order valence-electron chi connectivity index (χ3n) is 1.03. The molecule has 0 atom stereocenters. The van der Waals surface area contributed by atoms with Crippen molar-refractivity contribution in [2.75, 3.05) is 13.6 Å². The van der Waals surface area contributed by atoms with Gasteiger partial charge in [-0.1, -0.05) is 13.3 Å². The molecule has 0 aromatic heterocycles. The van der Waals surface area contributed by atoms with Crippen molar-refractivity contribution < 1.29 is 0 Å². The van der Waals surface area contributed by atoms with Crippen LogP contribution in [0.4, 0.5) is 0 Å². The van der Waals surface area contributed by atoms with E-state index in [1.54, 1.807) is 7.05 Å². The van der Waals surface area contributed by atoms with Crippen LogP contribution in [0.15, 0.2) is 4.99 Å². The third kappa shape index (κ3) is 5.69. The van der Waals surface area contributed by atoms with E-state index in [1.807, 2.05) is 0 Å². The molecule has 0 radical (unpaired) electrons. The van der Waals surface area contributed by atoms with E-state index in [1.165, 1.54) is 12.8 Å². The first kappa shape index (κ1) is 8.82. The second kappa shape index (κ2) is 5.95. The molecule has 0 aliphatic heterocycles. The van der Waals surface area contributed by atoms with Gasteiger partial charge in [0.1, 0.15) is 0 Å². The Balaban J connectivity index is 3.07. The van der Waals surface area contributed by atoms with Gasteiger partial charge in [0.15, 0.2) is 5.17 Å². The third-order valence-corrected chi connectivity index (χ3v) is 1.38. The van der Waals surface area contributed by atoms with E-state index in [0.717, 1.165) is 11.7 Å². The van der Waals surface area contributed by atoms with Gasteiger partial charge >= 0.3 is 0 Å². The summed E-state index contributed by atoms with van der Waals surface area (Å²) in [6.07, 6.45) is 2.39. The van der Waals surface area contributed by atoms with E-state index in [2.05, 4.69) is 29.9 Å². The molecule has 0 aliphatic rings. The summed E-state index contributed by atoms with van der Waals surface area (Å²) < 4.78 is 0. The van der Waals surface area contributed by atoms with Crippen LogP contribution in [0.25, 0.3) is 0 Å². The molecule has 0 heterocycles. The average Bonchev–Trinajstić information content (AvgIpc) is 1.89. The zero-order valence-electron chi connectivity index (χ0n) is 6.02. The number of unbranched alkanes of at least 4 members (excludes halogenated alkanes) is 1. The molecular formula is C6H14N2S. The van der Waals surface area contributed by atoms with Crippen LogP contribution in [0.5, 0.6) is 0 Å². The Morgan fingerprint density at radius 2 is 2.33 bits per heavy atom. The standard InChI is InChI=1S/C6H14N2S/c1-3-4-5-8-6(9)7-2/h3-5H2,1-2H3,(H2,7,8,9). The lowest BCUT2D eigenvalue weighted by Gasteiger charge is -2.00. The molecule has 0 aliphatic carbocycles. The molecule has 0 amide bonds. The monoisotopic (exact) mass is 146 g/mol. The highest BCUT2D eigenvalue weighted by atomic mass is 32.1. The van der Waals surface area contributed by atoms with Gasteiger partial charge in [-0.3, -0.25) is 4.99 Å². The molecule has 0 rings (SSSR count). The molecule has 0 spiro atoms. The van der Waals surface area contributed by atoms with Crippen LogP contribution in [0.2, 0.25) is 0 Å². The van der Waals surface area contributed by atoms with Crippen LogP contribution in [0, 0.1) is 0 Å². The predicted molar refractivity (Wildman–Crippen MR) is 45.3 cm³/mol. The molecular weight excluding hydrogens is 132 g/mol. The van der Waals surface area contributed by atoms with Crippen molar-refractivity contribution in [3.8, 4) is 0 Å². The number of amidine groups is 1. The summed E-state index contributed by atoms with van der Waals surface area (Å²) in [5.74, 6) is 0. The van der Waals surface area contributed by atoms with Gasteiger partial charge in [-0.15, -0.1) is 12.6 Å². The Morgan fingerprint density at radius 3 is 2.78 bits per heavy atom. The minimum Gasteiger partial charge on any atom is -0.365 e. The number of hydrogen-bond acceptors (Lipinski definition) is 1. The summed E-state index contributed by atoms with van der Waals surface area (Å²) in [5, 5.41) is 3.77. The topological polar surface area (TPSA) is 24.4 Å². The molecule has 9 heavy (non-hydrogen) atoms. The van der Waals surface area contributed by atoms with E-state index in [4.69, 9.17) is 0 Å². The second-order valence-corrected chi connectivity index (χ2v) is 2.25. The van der Waals surface area contributed by atoms with Gasteiger partial charge in [0.25, 0.3) is 0 Å². The van der Waals surface area contributed by atoms with Crippen LogP contribution >= 0.6 is 12.6 Å². The summed E-state index contributed by atoms with van der Waals surface area (Å²) in [6.45, 7) is 3.13. The average molecular weight is 146 g/mol. The minimum absolute atomic E-state index is 0.725. The van der Waals surface area contributed by atoms with E-state index in [9.17, 15) is 0 Å². The summed E-state index contributed by atoms with van der Waals surface area (Å²) in [4.78, 5) is 3.83. The Kier molecular flexibility index (Phi) is 5.83. The predicted octanol–water partition coefficient (Wildman–Crippen LogP) is 1.29. The first-order chi connectivity index (χ1) is 4.31. The molecule has 0 unspecified atom stereocenters. The van der Waals surface area contributed by atoms with Crippen molar-refractivity contribution >= 4 is 17.8 Å². The molecule has 0 bridgehead atoms. The summed E-state index contributed by atoms with van der Waals surface area (Å²) in [7, 11) is 1.72. The van der Waals surface area contributed by atoms with Gasteiger partial charge in [0, 0.05) is 13.6 Å². The maximum atomic E-state index is 4.04. The second-order valence-electron chi connectivity index (χ2n) is 1.83. The molecule has 54 valence electrons. The highest BCUT2D eigenvalue weighted by Gasteiger charge is 1.85. The van der Waals surface area contributed by atoms with Crippen molar-refractivity contribution in [1.29, 1.82) is 0 Å². The number of nitrogens with one attached hydrogen (secondary N) is 1. The van der Waals surface area contributed by atoms with Crippen molar-refractivity contribution in [3.05, 3.63) is 0 Å². The molecule has 0 aromatic rings. The summed E-state index contributed by atoms with van der Waals surface area (Å²) in [6, 6.07) is 0. The zero-order valence-corrected chi connectivity index (χ0v) is 6.91. The number of hydrogen-bond donors (Lipinski definition) is 2. The number of aliphatic imine (C=N–C) groups is 1. The summed E-state index contributed by atoms with van der Waals surface area (Å²) >= 11 is 4.04. The molecule has 0 fully saturated rings. The van der Waals surface area contributed by atoms with E-state index >= 15 is 0 Å². The van der Waals surface area contributed by atoms with E-state index in [-0.39, 0.29) is 0 Å². The van der Waals surface area contributed by atoms with Gasteiger partial charge in [-0.05, 0) is 6.42 Å². The van der Waals surface area contributed by atoms with Crippen LogP contribution in [-0.4, -0.2) is 18.8 Å².